The van der Waals surface area contributed by atoms with Crippen molar-refractivity contribution < 1.29 is 24.0 Å². The number of fused-ring (bicyclic) bond motifs is 1. The number of carbonyl (C=O) groups excluding carboxylic acids is 5. The van der Waals surface area contributed by atoms with E-state index in [4.69, 9.17) is 0 Å². The van der Waals surface area contributed by atoms with E-state index in [0.29, 0.717) is 25.9 Å². The summed E-state index contributed by atoms with van der Waals surface area (Å²) in [7, 11) is 1.63. The lowest BCUT2D eigenvalue weighted by molar-refractivity contribution is -0.136. The first kappa shape index (κ1) is 19.1. The Morgan fingerprint density at radius 3 is 2.38 bits per heavy atom. The number of piperidine rings is 2. The molecule has 3 heterocycles. The monoisotopic (exact) mass is 398 g/mol. The molecule has 0 saturated carbocycles. The molecule has 152 valence electrons. The van der Waals surface area contributed by atoms with E-state index < -0.39 is 29.7 Å². The third kappa shape index (κ3) is 3.26. The minimum absolute atomic E-state index is 0.0168. The van der Waals surface area contributed by atoms with Crippen LogP contribution >= 0.6 is 0 Å². The molecule has 1 atom stereocenters. The van der Waals surface area contributed by atoms with E-state index in [9.17, 15) is 24.0 Å². The second-order valence-electron chi connectivity index (χ2n) is 7.55. The Bertz CT molecular complexity index is 919. The van der Waals surface area contributed by atoms with E-state index >= 15 is 0 Å². The molecule has 0 bridgehead atoms. The van der Waals surface area contributed by atoms with Crippen molar-refractivity contribution in [1.29, 1.82) is 0 Å². The van der Waals surface area contributed by atoms with Gasteiger partial charge in [0.2, 0.25) is 17.7 Å². The van der Waals surface area contributed by atoms with E-state index in [1.165, 1.54) is 0 Å². The summed E-state index contributed by atoms with van der Waals surface area (Å²) in [5.41, 5.74) is 1.35. The lowest BCUT2D eigenvalue weighted by Gasteiger charge is -2.33. The fraction of sp³-hybridized carbons (Fsp3) is 0.450. The highest BCUT2D eigenvalue weighted by molar-refractivity contribution is 6.23. The van der Waals surface area contributed by atoms with Gasteiger partial charge in [-0.05, 0) is 37.5 Å². The van der Waals surface area contributed by atoms with Crippen LogP contribution in [0.1, 0.15) is 46.4 Å². The molecule has 29 heavy (non-hydrogen) atoms. The minimum Gasteiger partial charge on any atom is -0.371 e. The molecule has 0 aliphatic carbocycles. The second kappa shape index (κ2) is 7.31. The summed E-state index contributed by atoms with van der Waals surface area (Å²) < 4.78 is 0. The van der Waals surface area contributed by atoms with Gasteiger partial charge in [0.05, 0.1) is 11.1 Å². The molecule has 1 unspecified atom stereocenters. The summed E-state index contributed by atoms with van der Waals surface area (Å²) >= 11 is 0. The average Bonchev–Trinajstić information content (AvgIpc) is 2.98. The van der Waals surface area contributed by atoms with Crippen molar-refractivity contribution in [2.75, 3.05) is 25.0 Å². The lowest BCUT2D eigenvalue weighted by atomic mass is 9.95. The highest BCUT2D eigenvalue weighted by atomic mass is 16.2. The molecular weight excluding hydrogens is 376 g/mol. The van der Waals surface area contributed by atoms with Crippen LogP contribution in [0.2, 0.25) is 0 Å². The van der Waals surface area contributed by atoms with E-state index in [1.54, 1.807) is 25.2 Å². The Hall–Kier alpha value is -3.23. The number of rotatable bonds is 3. The van der Waals surface area contributed by atoms with Crippen molar-refractivity contribution >= 4 is 35.2 Å². The molecule has 2 N–H and O–H groups in total. The van der Waals surface area contributed by atoms with Gasteiger partial charge < -0.3 is 10.2 Å². The number of imide groups is 2. The van der Waals surface area contributed by atoms with Gasteiger partial charge in [-0.2, -0.15) is 0 Å². The van der Waals surface area contributed by atoms with E-state index in [-0.39, 0.29) is 35.8 Å². The van der Waals surface area contributed by atoms with Gasteiger partial charge in [0.15, 0.2) is 0 Å². The van der Waals surface area contributed by atoms with E-state index in [0.717, 1.165) is 10.6 Å². The lowest BCUT2D eigenvalue weighted by Crippen LogP contribution is -2.54. The van der Waals surface area contributed by atoms with Gasteiger partial charge in [-0.25, -0.2) is 0 Å². The Kier molecular flexibility index (Phi) is 4.81. The van der Waals surface area contributed by atoms with Crippen LogP contribution < -0.4 is 15.5 Å². The molecule has 1 aromatic rings. The van der Waals surface area contributed by atoms with Crippen LogP contribution in [-0.2, 0) is 14.4 Å². The maximum absolute atomic E-state index is 12.9. The third-order valence-corrected chi connectivity index (χ3v) is 5.90. The van der Waals surface area contributed by atoms with Crippen LogP contribution in [0.25, 0.3) is 0 Å². The van der Waals surface area contributed by atoms with Gasteiger partial charge in [-0.3, -0.25) is 34.2 Å². The first-order valence-electron chi connectivity index (χ1n) is 9.73. The van der Waals surface area contributed by atoms with E-state index in [2.05, 4.69) is 15.5 Å². The van der Waals surface area contributed by atoms with Crippen molar-refractivity contribution in [3.63, 3.8) is 0 Å². The molecule has 2 fully saturated rings. The minimum atomic E-state index is -0.966. The predicted molar refractivity (Wildman–Crippen MR) is 102 cm³/mol. The SMILES string of the molecule is CNC(=O)C1CCN(c2ccc3c(c2)C(=O)N(C2CCC(=O)NC2=O)C3=O)CC1. The topological polar surface area (TPSA) is 116 Å². The zero-order chi connectivity index (χ0) is 20.7. The highest BCUT2D eigenvalue weighted by Crippen LogP contribution is 2.32. The molecule has 9 nitrogen and oxygen atoms in total. The number of hydrogen-bond donors (Lipinski definition) is 2. The van der Waals surface area contributed by atoms with Gasteiger partial charge in [0.25, 0.3) is 11.8 Å². The van der Waals surface area contributed by atoms with Gasteiger partial charge in [-0.1, -0.05) is 0 Å². The van der Waals surface area contributed by atoms with Gasteiger partial charge in [0.1, 0.15) is 6.04 Å². The van der Waals surface area contributed by atoms with Crippen LogP contribution in [0, 0.1) is 5.92 Å². The molecule has 0 spiro atoms. The van der Waals surface area contributed by atoms with Crippen LogP contribution in [0.15, 0.2) is 18.2 Å². The van der Waals surface area contributed by atoms with Crippen molar-refractivity contribution in [1.82, 2.24) is 15.5 Å². The number of nitrogens with one attached hydrogen (secondary N) is 2. The summed E-state index contributed by atoms with van der Waals surface area (Å²) in [6, 6.07) is 4.12. The molecule has 5 amide bonds. The average molecular weight is 398 g/mol. The van der Waals surface area contributed by atoms with Crippen LogP contribution in [0.4, 0.5) is 5.69 Å². The summed E-state index contributed by atoms with van der Waals surface area (Å²) in [4.78, 5) is 64.0. The zero-order valence-electron chi connectivity index (χ0n) is 16.1. The maximum Gasteiger partial charge on any atom is 0.262 e. The van der Waals surface area contributed by atoms with Crippen molar-refractivity contribution in [2.24, 2.45) is 5.92 Å². The molecule has 0 radical (unpaired) electrons. The summed E-state index contributed by atoms with van der Waals surface area (Å²) in [5.74, 6) is -2.01. The fourth-order valence-corrected chi connectivity index (χ4v) is 4.26. The number of carbonyl (C=O) groups is 5. The molecule has 3 aliphatic heterocycles. The molecule has 9 heteroatoms. The predicted octanol–water partition coefficient (Wildman–Crippen LogP) is 0.0502. The van der Waals surface area contributed by atoms with Crippen molar-refractivity contribution in [2.45, 2.75) is 31.7 Å². The molecule has 2 saturated heterocycles. The highest BCUT2D eigenvalue weighted by Gasteiger charge is 2.44. The zero-order valence-corrected chi connectivity index (χ0v) is 16.1. The Morgan fingerprint density at radius 2 is 1.72 bits per heavy atom. The molecule has 3 aliphatic rings. The number of hydrogen-bond acceptors (Lipinski definition) is 6. The second-order valence-corrected chi connectivity index (χ2v) is 7.55. The normalized spacial score (nSPS) is 22.6. The standard InChI is InChI=1S/C20H22N4O5/c1-21-17(26)11-6-8-23(9-7-11)12-2-3-13-14(10-12)20(29)24(19(13)28)15-4-5-16(25)22-18(15)27/h2-3,10-11,15H,4-9H2,1H3,(H,21,26)(H,22,25,27). The van der Waals surface area contributed by atoms with Gasteiger partial charge in [-0.15, -0.1) is 0 Å². The largest absolute Gasteiger partial charge is 0.371 e. The Labute approximate surface area is 167 Å². The molecular formula is C20H22N4O5. The third-order valence-electron chi connectivity index (χ3n) is 5.90. The van der Waals surface area contributed by atoms with Gasteiger partial charge >= 0.3 is 0 Å². The summed E-state index contributed by atoms with van der Waals surface area (Å²) in [6.45, 7) is 1.35. The fourth-order valence-electron chi connectivity index (χ4n) is 4.26. The molecule has 1 aromatic carbocycles. The van der Waals surface area contributed by atoms with E-state index in [1.807, 2.05) is 0 Å². The Balaban J connectivity index is 1.53. The van der Waals surface area contributed by atoms with Crippen LogP contribution in [0.3, 0.4) is 0 Å². The maximum atomic E-state index is 12.9. The Morgan fingerprint density at radius 1 is 1.03 bits per heavy atom. The number of amides is 5. The summed E-state index contributed by atoms with van der Waals surface area (Å²) in [5, 5.41) is 4.87. The van der Waals surface area contributed by atoms with Crippen LogP contribution in [0.5, 0.6) is 0 Å². The first-order chi connectivity index (χ1) is 13.9. The first-order valence-corrected chi connectivity index (χ1v) is 9.73. The molecule has 4 rings (SSSR count). The van der Waals surface area contributed by atoms with Crippen LogP contribution in [-0.4, -0.2) is 60.6 Å². The number of nitrogens with zero attached hydrogens (tertiary/aromatic N) is 2. The van der Waals surface area contributed by atoms with Gasteiger partial charge in [0, 0.05) is 38.2 Å². The number of anilines is 1. The smallest absolute Gasteiger partial charge is 0.262 e. The summed E-state index contributed by atoms with van der Waals surface area (Å²) in [6.07, 6.45) is 1.66. The number of benzene rings is 1. The quantitative estimate of drug-likeness (QED) is 0.695. The molecule has 0 aromatic heterocycles. The van der Waals surface area contributed by atoms with Crippen molar-refractivity contribution in [3.8, 4) is 0 Å². The van der Waals surface area contributed by atoms with Crippen molar-refractivity contribution in [3.05, 3.63) is 29.3 Å².